The summed E-state index contributed by atoms with van der Waals surface area (Å²) < 4.78 is 37.9. The molecule has 2 rings (SSSR count). The topological polar surface area (TPSA) is 29.1 Å². The Balaban J connectivity index is 2.36. The molecular formula is C11H10F3NO. The van der Waals surface area contributed by atoms with E-state index in [4.69, 9.17) is 0 Å². The molecule has 0 radical (unpaired) electrons. The van der Waals surface area contributed by atoms with Crippen LogP contribution in [0.4, 0.5) is 13.2 Å². The van der Waals surface area contributed by atoms with Crippen molar-refractivity contribution in [2.45, 2.75) is 6.18 Å². The first-order valence-electron chi connectivity index (χ1n) is 4.91. The number of halogens is 3. The second-order valence-electron chi connectivity index (χ2n) is 3.76. The van der Waals surface area contributed by atoms with Crippen molar-refractivity contribution in [2.75, 3.05) is 13.1 Å². The van der Waals surface area contributed by atoms with Gasteiger partial charge >= 0.3 is 6.18 Å². The molecule has 2 nitrogen and oxygen atoms in total. The lowest BCUT2D eigenvalue weighted by molar-refractivity contribution is -0.137. The molecule has 86 valence electrons. The number of benzene rings is 1. The number of nitrogens with one attached hydrogen (secondary N) is 1. The van der Waals surface area contributed by atoms with Gasteiger partial charge in [0.25, 0.3) is 0 Å². The molecule has 0 unspecified atom stereocenters. The van der Waals surface area contributed by atoms with Crippen LogP contribution in [0.3, 0.4) is 0 Å². The largest absolute Gasteiger partial charge is 0.417 e. The summed E-state index contributed by atoms with van der Waals surface area (Å²) in [6, 6.07) is 4.93. The van der Waals surface area contributed by atoms with Crippen LogP contribution < -0.4 is 5.32 Å². The van der Waals surface area contributed by atoms with Gasteiger partial charge in [-0.1, -0.05) is 18.2 Å². The van der Waals surface area contributed by atoms with E-state index in [2.05, 4.69) is 5.32 Å². The van der Waals surface area contributed by atoms with Gasteiger partial charge in [-0.25, -0.2) is 0 Å². The molecule has 1 N–H and O–H groups in total. The molecule has 0 amide bonds. The Morgan fingerprint density at radius 3 is 2.38 bits per heavy atom. The summed E-state index contributed by atoms with van der Waals surface area (Å²) in [4.78, 5) is 11.8. The third-order valence-electron chi connectivity index (χ3n) is 2.65. The van der Waals surface area contributed by atoms with E-state index >= 15 is 0 Å². The summed E-state index contributed by atoms with van der Waals surface area (Å²) in [7, 11) is 0. The number of ketones is 1. The minimum absolute atomic E-state index is 0.221. The normalized spacial score (nSPS) is 16.9. The lowest BCUT2D eigenvalue weighted by Crippen LogP contribution is -2.46. The summed E-state index contributed by atoms with van der Waals surface area (Å²) in [5.41, 5.74) is -1.06. The summed E-state index contributed by atoms with van der Waals surface area (Å²) in [6.07, 6.45) is -4.47. The van der Waals surface area contributed by atoms with Crippen LogP contribution in [0.2, 0.25) is 0 Å². The Morgan fingerprint density at radius 1 is 1.25 bits per heavy atom. The molecular weight excluding hydrogens is 219 g/mol. The number of alkyl halides is 3. The van der Waals surface area contributed by atoms with Gasteiger partial charge in [-0.05, 0) is 6.07 Å². The molecule has 1 fully saturated rings. The Labute approximate surface area is 90.5 Å². The van der Waals surface area contributed by atoms with Crippen molar-refractivity contribution in [3.8, 4) is 0 Å². The Kier molecular flexibility index (Phi) is 2.71. The zero-order valence-electron chi connectivity index (χ0n) is 8.34. The fraction of sp³-hybridized carbons (Fsp3) is 0.364. The molecule has 1 saturated heterocycles. The molecule has 1 aromatic carbocycles. The first kappa shape index (κ1) is 11.1. The third-order valence-corrected chi connectivity index (χ3v) is 2.65. The van der Waals surface area contributed by atoms with Gasteiger partial charge in [-0.2, -0.15) is 13.2 Å². The summed E-state index contributed by atoms with van der Waals surface area (Å²) in [5, 5.41) is 2.87. The Bertz CT molecular complexity index is 410. The van der Waals surface area contributed by atoms with Gasteiger partial charge in [0.05, 0.1) is 5.56 Å². The molecule has 0 atom stereocenters. The van der Waals surface area contributed by atoms with Crippen LogP contribution in [0.25, 0.3) is 0 Å². The molecule has 1 aliphatic heterocycles. The summed E-state index contributed by atoms with van der Waals surface area (Å²) >= 11 is 0. The van der Waals surface area contributed by atoms with Gasteiger partial charge in [-0.3, -0.25) is 4.79 Å². The van der Waals surface area contributed by atoms with Crippen molar-refractivity contribution in [3.05, 3.63) is 35.4 Å². The summed E-state index contributed by atoms with van der Waals surface area (Å²) in [5.74, 6) is -0.741. The Morgan fingerprint density at radius 2 is 1.88 bits per heavy atom. The third kappa shape index (κ3) is 1.95. The fourth-order valence-corrected chi connectivity index (χ4v) is 1.64. The molecule has 1 aromatic rings. The van der Waals surface area contributed by atoms with Gasteiger partial charge in [0.15, 0.2) is 5.78 Å². The molecule has 0 bridgehead atoms. The van der Waals surface area contributed by atoms with Crippen LogP contribution in [0.1, 0.15) is 15.9 Å². The number of carbonyl (C=O) groups excluding carboxylic acids is 1. The predicted molar refractivity (Wildman–Crippen MR) is 52.1 cm³/mol. The van der Waals surface area contributed by atoms with Crippen LogP contribution in [-0.4, -0.2) is 18.9 Å². The van der Waals surface area contributed by atoms with Crippen molar-refractivity contribution in [2.24, 2.45) is 5.92 Å². The molecule has 1 aliphatic rings. The summed E-state index contributed by atoms with van der Waals surface area (Å²) in [6.45, 7) is 0.927. The first-order chi connectivity index (χ1) is 7.50. The highest BCUT2D eigenvalue weighted by atomic mass is 19.4. The zero-order valence-corrected chi connectivity index (χ0v) is 8.34. The number of rotatable bonds is 2. The van der Waals surface area contributed by atoms with E-state index in [1.807, 2.05) is 0 Å². The van der Waals surface area contributed by atoms with Gasteiger partial charge in [-0.15, -0.1) is 0 Å². The van der Waals surface area contributed by atoms with Crippen LogP contribution in [0.5, 0.6) is 0 Å². The first-order valence-corrected chi connectivity index (χ1v) is 4.91. The smallest absolute Gasteiger partial charge is 0.315 e. The van der Waals surface area contributed by atoms with Crippen molar-refractivity contribution >= 4 is 5.78 Å². The average molecular weight is 229 g/mol. The lowest BCUT2D eigenvalue weighted by atomic mass is 9.90. The maximum atomic E-state index is 12.6. The van der Waals surface area contributed by atoms with E-state index in [0.29, 0.717) is 13.1 Å². The van der Waals surface area contributed by atoms with E-state index in [-0.39, 0.29) is 11.5 Å². The van der Waals surface area contributed by atoms with Crippen LogP contribution >= 0.6 is 0 Å². The Hall–Kier alpha value is -1.36. The molecule has 16 heavy (non-hydrogen) atoms. The van der Waals surface area contributed by atoms with Crippen LogP contribution in [0, 0.1) is 5.92 Å². The van der Waals surface area contributed by atoms with Crippen molar-refractivity contribution in [3.63, 3.8) is 0 Å². The second-order valence-corrected chi connectivity index (χ2v) is 3.76. The van der Waals surface area contributed by atoms with Gasteiger partial charge in [0.2, 0.25) is 0 Å². The van der Waals surface area contributed by atoms with Gasteiger partial charge in [0, 0.05) is 24.6 Å². The average Bonchev–Trinajstić information content (AvgIpc) is 2.13. The highest BCUT2D eigenvalue weighted by Crippen LogP contribution is 2.33. The monoisotopic (exact) mass is 229 g/mol. The quantitative estimate of drug-likeness (QED) is 0.787. The standard InChI is InChI=1S/C11H10F3NO/c12-11(13,14)9-4-2-1-3-8(9)10(16)7-5-15-6-7/h1-4,7,15H,5-6H2. The SMILES string of the molecule is O=C(c1ccccc1C(F)(F)F)C1CNC1. The van der Waals surface area contributed by atoms with E-state index in [9.17, 15) is 18.0 Å². The number of carbonyl (C=O) groups is 1. The molecule has 1 heterocycles. The second kappa shape index (κ2) is 3.90. The van der Waals surface area contributed by atoms with Crippen molar-refractivity contribution < 1.29 is 18.0 Å². The van der Waals surface area contributed by atoms with Crippen molar-refractivity contribution in [1.29, 1.82) is 0 Å². The fourth-order valence-electron chi connectivity index (χ4n) is 1.64. The minimum atomic E-state index is -4.47. The number of Topliss-reactive ketones (excluding diaryl/α,β-unsaturated/α-hetero) is 1. The molecule has 0 aliphatic carbocycles. The maximum absolute atomic E-state index is 12.6. The van der Waals surface area contributed by atoms with Crippen LogP contribution in [-0.2, 0) is 6.18 Å². The molecule has 5 heteroatoms. The predicted octanol–water partition coefficient (Wildman–Crippen LogP) is 2.11. The van der Waals surface area contributed by atoms with Crippen molar-refractivity contribution in [1.82, 2.24) is 5.32 Å². The minimum Gasteiger partial charge on any atom is -0.315 e. The number of hydrogen-bond donors (Lipinski definition) is 1. The highest BCUT2D eigenvalue weighted by molar-refractivity contribution is 6.00. The zero-order chi connectivity index (χ0) is 11.8. The van der Waals surface area contributed by atoms with Crippen LogP contribution in [0.15, 0.2) is 24.3 Å². The van der Waals surface area contributed by atoms with E-state index < -0.39 is 17.5 Å². The van der Waals surface area contributed by atoms with Gasteiger partial charge in [0.1, 0.15) is 0 Å². The highest BCUT2D eigenvalue weighted by Gasteiger charge is 2.37. The van der Waals surface area contributed by atoms with E-state index in [0.717, 1.165) is 6.07 Å². The lowest BCUT2D eigenvalue weighted by Gasteiger charge is -2.26. The maximum Gasteiger partial charge on any atom is 0.417 e. The van der Waals surface area contributed by atoms with Gasteiger partial charge < -0.3 is 5.32 Å². The number of hydrogen-bond acceptors (Lipinski definition) is 2. The molecule has 0 spiro atoms. The molecule has 0 aromatic heterocycles. The van der Waals surface area contributed by atoms with E-state index in [1.165, 1.54) is 18.2 Å². The van der Waals surface area contributed by atoms with E-state index in [1.54, 1.807) is 0 Å². The molecule has 0 saturated carbocycles.